The highest BCUT2D eigenvalue weighted by atomic mass is 16.5. The number of hydrogen-bond acceptors (Lipinski definition) is 4. The minimum atomic E-state index is -0.128. The molecule has 3 N–H and O–H groups in total. The Morgan fingerprint density at radius 2 is 2.11 bits per heavy atom. The number of ether oxygens (including phenoxy) is 1. The van der Waals surface area contributed by atoms with Gasteiger partial charge in [0.25, 0.3) is 0 Å². The summed E-state index contributed by atoms with van der Waals surface area (Å²) >= 11 is 0. The van der Waals surface area contributed by atoms with E-state index in [9.17, 15) is 9.90 Å². The number of phenolic OH excluding ortho intramolecular Hbond substituents is 1. The van der Waals surface area contributed by atoms with Crippen LogP contribution in [-0.2, 0) is 16.1 Å². The summed E-state index contributed by atoms with van der Waals surface area (Å²) < 4.78 is 5.35. The average Bonchev–Trinajstić information content (AvgIpc) is 2.86. The topological polar surface area (TPSA) is 70.6 Å². The quantitative estimate of drug-likeness (QED) is 0.729. The van der Waals surface area contributed by atoms with Gasteiger partial charge < -0.3 is 20.5 Å². The SMILES string of the molecule is CCNC1COCC1C(=O)NCc1ccc(O)cc1. The van der Waals surface area contributed by atoms with Gasteiger partial charge in [0, 0.05) is 12.6 Å². The van der Waals surface area contributed by atoms with Gasteiger partial charge in [-0.1, -0.05) is 19.1 Å². The summed E-state index contributed by atoms with van der Waals surface area (Å²) in [5.41, 5.74) is 0.963. The van der Waals surface area contributed by atoms with Crippen LogP contribution >= 0.6 is 0 Å². The Labute approximate surface area is 113 Å². The van der Waals surface area contributed by atoms with Crippen LogP contribution in [-0.4, -0.2) is 36.8 Å². The molecule has 0 radical (unpaired) electrons. The first-order valence-corrected chi connectivity index (χ1v) is 6.57. The first kappa shape index (κ1) is 13.8. The molecule has 19 heavy (non-hydrogen) atoms. The lowest BCUT2D eigenvalue weighted by atomic mass is 10.0. The monoisotopic (exact) mass is 264 g/mol. The van der Waals surface area contributed by atoms with Crippen LogP contribution in [0.4, 0.5) is 0 Å². The van der Waals surface area contributed by atoms with E-state index in [1.54, 1.807) is 24.3 Å². The molecule has 0 aromatic heterocycles. The van der Waals surface area contributed by atoms with Gasteiger partial charge in [0.1, 0.15) is 5.75 Å². The Kier molecular flexibility index (Phi) is 4.76. The van der Waals surface area contributed by atoms with Gasteiger partial charge in [-0.25, -0.2) is 0 Å². The van der Waals surface area contributed by atoms with Gasteiger partial charge >= 0.3 is 0 Å². The molecule has 2 atom stereocenters. The highest BCUT2D eigenvalue weighted by Gasteiger charge is 2.33. The molecule has 1 fully saturated rings. The molecule has 1 aromatic rings. The second-order valence-corrected chi connectivity index (χ2v) is 4.69. The van der Waals surface area contributed by atoms with E-state index in [0.29, 0.717) is 19.8 Å². The normalized spacial score (nSPS) is 22.4. The van der Waals surface area contributed by atoms with E-state index in [0.717, 1.165) is 12.1 Å². The standard InChI is InChI=1S/C14H20N2O3/c1-2-15-13-9-19-8-12(13)14(18)16-7-10-3-5-11(17)6-4-10/h3-6,12-13,15,17H,2,7-9H2,1H3,(H,16,18). The third-order valence-corrected chi connectivity index (χ3v) is 3.29. The number of likely N-dealkylation sites (N-methyl/N-ethyl adjacent to an activating group) is 1. The highest BCUT2D eigenvalue weighted by Crippen LogP contribution is 2.14. The second-order valence-electron chi connectivity index (χ2n) is 4.69. The van der Waals surface area contributed by atoms with E-state index in [1.165, 1.54) is 0 Å². The Hall–Kier alpha value is -1.59. The van der Waals surface area contributed by atoms with E-state index in [2.05, 4.69) is 10.6 Å². The van der Waals surface area contributed by atoms with Crippen molar-refractivity contribution in [1.29, 1.82) is 0 Å². The molecule has 0 aliphatic carbocycles. The number of phenols is 1. The predicted octanol–water partition coefficient (Wildman–Crippen LogP) is 0.633. The zero-order chi connectivity index (χ0) is 13.7. The van der Waals surface area contributed by atoms with Crippen LogP contribution in [0, 0.1) is 5.92 Å². The lowest BCUT2D eigenvalue weighted by Crippen LogP contribution is -2.43. The molecule has 1 amide bonds. The van der Waals surface area contributed by atoms with Crippen molar-refractivity contribution in [2.24, 2.45) is 5.92 Å². The van der Waals surface area contributed by atoms with E-state index < -0.39 is 0 Å². The summed E-state index contributed by atoms with van der Waals surface area (Å²) in [6.07, 6.45) is 0. The molecule has 0 saturated carbocycles. The first-order valence-electron chi connectivity index (χ1n) is 6.57. The van der Waals surface area contributed by atoms with Gasteiger partial charge in [-0.15, -0.1) is 0 Å². The zero-order valence-corrected chi connectivity index (χ0v) is 11.1. The predicted molar refractivity (Wildman–Crippen MR) is 71.7 cm³/mol. The van der Waals surface area contributed by atoms with Gasteiger partial charge in [0.05, 0.1) is 19.1 Å². The maximum Gasteiger partial charge on any atom is 0.227 e. The molecule has 1 aliphatic heterocycles. The van der Waals surface area contributed by atoms with Crippen molar-refractivity contribution in [2.45, 2.75) is 19.5 Å². The maximum atomic E-state index is 12.1. The lowest BCUT2D eigenvalue weighted by molar-refractivity contribution is -0.125. The fourth-order valence-electron chi connectivity index (χ4n) is 2.21. The number of carbonyl (C=O) groups excluding carboxylic acids is 1. The molecule has 5 nitrogen and oxygen atoms in total. The molecule has 1 aliphatic rings. The summed E-state index contributed by atoms with van der Waals surface area (Å²) in [6, 6.07) is 6.92. The van der Waals surface area contributed by atoms with Crippen molar-refractivity contribution in [3.05, 3.63) is 29.8 Å². The highest BCUT2D eigenvalue weighted by molar-refractivity contribution is 5.79. The van der Waals surface area contributed by atoms with E-state index in [1.807, 2.05) is 6.92 Å². The van der Waals surface area contributed by atoms with Crippen LogP contribution < -0.4 is 10.6 Å². The summed E-state index contributed by atoms with van der Waals surface area (Å²) in [6.45, 7) is 4.37. The largest absolute Gasteiger partial charge is 0.508 e. The fourth-order valence-corrected chi connectivity index (χ4v) is 2.21. The first-order chi connectivity index (χ1) is 9.20. The van der Waals surface area contributed by atoms with Crippen LogP contribution in [0.1, 0.15) is 12.5 Å². The van der Waals surface area contributed by atoms with E-state index in [4.69, 9.17) is 4.74 Å². The summed E-state index contributed by atoms with van der Waals surface area (Å²) in [5.74, 6) is 0.111. The number of rotatable bonds is 5. The second kappa shape index (κ2) is 6.54. The Bertz CT molecular complexity index is 419. The minimum Gasteiger partial charge on any atom is -0.508 e. The van der Waals surface area contributed by atoms with Crippen LogP contribution in [0.3, 0.4) is 0 Å². The Morgan fingerprint density at radius 3 is 2.79 bits per heavy atom. The maximum absolute atomic E-state index is 12.1. The van der Waals surface area contributed by atoms with Crippen molar-refractivity contribution in [2.75, 3.05) is 19.8 Å². The molecular weight excluding hydrogens is 244 g/mol. The molecule has 0 bridgehead atoms. The number of nitrogens with one attached hydrogen (secondary N) is 2. The Morgan fingerprint density at radius 1 is 1.37 bits per heavy atom. The van der Waals surface area contributed by atoms with Crippen LogP contribution in [0.25, 0.3) is 0 Å². The van der Waals surface area contributed by atoms with E-state index in [-0.39, 0.29) is 23.6 Å². The number of aromatic hydroxyl groups is 1. The van der Waals surface area contributed by atoms with Crippen LogP contribution in [0.5, 0.6) is 5.75 Å². The average molecular weight is 264 g/mol. The van der Waals surface area contributed by atoms with Crippen molar-refractivity contribution in [3.63, 3.8) is 0 Å². The number of hydrogen-bond donors (Lipinski definition) is 3. The molecule has 5 heteroatoms. The molecule has 2 unspecified atom stereocenters. The van der Waals surface area contributed by atoms with Crippen molar-refractivity contribution in [3.8, 4) is 5.75 Å². The summed E-state index contributed by atoms with van der Waals surface area (Å²) in [7, 11) is 0. The lowest BCUT2D eigenvalue weighted by Gasteiger charge is -2.17. The molecule has 1 saturated heterocycles. The van der Waals surface area contributed by atoms with E-state index >= 15 is 0 Å². The summed E-state index contributed by atoms with van der Waals surface area (Å²) in [4.78, 5) is 12.1. The molecule has 2 rings (SSSR count). The molecule has 104 valence electrons. The number of benzene rings is 1. The van der Waals surface area contributed by atoms with Gasteiger partial charge in [0.15, 0.2) is 0 Å². The van der Waals surface area contributed by atoms with Crippen LogP contribution in [0.2, 0.25) is 0 Å². The Balaban J connectivity index is 1.85. The third kappa shape index (κ3) is 3.68. The van der Waals surface area contributed by atoms with Crippen molar-refractivity contribution in [1.82, 2.24) is 10.6 Å². The summed E-state index contributed by atoms with van der Waals surface area (Å²) in [5, 5.41) is 15.4. The number of amides is 1. The van der Waals surface area contributed by atoms with Crippen molar-refractivity contribution < 1.29 is 14.6 Å². The molecule has 1 heterocycles. The third-order valence-electron chi connectivity index (χ3n) is 3.29. The van der Waals surface area contributed by atoms with Gasteiger partial charge in [-0.2, -0.15) is 0 Å². The molecule has 0 spiro atoms. The van der Waals surface area contributed by atoms with Gasteiger partial charge in [0.2, 0.25) is 5.91 Å². The number of carbonyl (C=O) groups is 1. The zero-order valence-electron chi connectivity index (χ0n) is 11.1. The molecule has 1 aromatic carbocycles. The fraction of sp³-hybridized carbons (Fsp3) is 0.500. The minimum absolute atomic E-state index is 0.0107. The smallest absolute Gasteiger partial charge is 0.227 e. The van der Waals surface area contributed by atoms with Crippen molar-refractivity contribution >= 4 is 5.91 Å². The molecular formula is C14H20N2O3. The van der Waals surface area contributed by atoms with Gasteiger partial charge in [-0.3, -0.25) is 4.79 Å². The van der Waals surface area contributed by atoms with Gasteiger partial charge in [-0.05, 0) is 24.2 Å². The van der Waals surface area contributed by atoms with Crippen LogP contribution in [0.15, 0.2) is 24.3 Å².